The van der Waals surface area contributed by atoms with E-state index < -0.39 is 19.2 Å². The molecule has 237 valence electrons. The van der Waals surface area contributed by atoms with Crippen LogP contribution in [0.5, 0.6) is 0 Å². The van der Waals surface area contributed by atoms with Crippen molar-refractivity contribution >= 4 is 39.2 Å². The van der Waals surface area contributed by atoms with E-state index in [1.165, 1.54) is 4.40 Å². The molecule has 0 amide bonds. The molecule has 0 atom stereocenters. The van der Waals surface area contributed by atoms with E-state index in [0.717, 1.165) is 60.0 Å². The number of fused-ring (bicyclic) bond motifs is 1. The zero-order valence-corrected chi connectivity index (χ0v) is 32.5. The van der Waals surface area contributed by atoms with E-state index in [0.29, 0.717) is 0 Å². The number of hydrogen-bond donors (Lipinski definition) is 0. The summed E-state index contributed by atoms with van der Waals surface area (Å²) in [6.45, 7) is 3.94. The Labute approximate surface area is 300 Å². The number of pyridine rings is 2. The van der Waals surface area contributed by atoms with Crippen molar-refractivity contribution in [3.8, 4) is 44.2 Å². The molecule has 0 bridgehead atoms. The first-order valence-electron chi connectivity index (χ1n) is 15.9. The summed E-state index contributed by atoms with van der Waals surface area (Å²) >= 11 is -0.499. The summed E-state index contributed by atoms with van der Waals surface area (Å²) in [5.74, 6) is 6.38. The van der Waals surface area contributed by atoms with Gasteiger partial charge in [-0.1, -0.05) is 18.2 Å². The molecule has 0 aliphatic carbocycles. The fourth-order valence-corrected chi connectivity index (χ4v) is 9.71. The van der Waals surface area contributed by atoms with Gasteiger partial charge in [0.2, 0.25) is 0 Å². The van der Waals surface area contributed by atoms with Crippen LogP contribution in [0.4, 0.5) is 0 Å². The van der Waals surface area contributed by atoms with Crippen molar-refractivity contribution in [2.45, 2.75) is 37.0 Å². The molecule has 4 aromatic carbocycles. The molecule has 0 aliphatic rings. The maximum Gasteiger partial charge on any atom is 0.0160 e. The second kappa shape index (κ2) is 15.4. The molecule has 0 N–H and O–H groups in total. The quantitative estimate of drug-likeness (QED) is 0.123. The SMILES string of the molecule is [2H]C(C)(C)c1cc(-c2[c-]c3nc(-c4ccccc4)sc3c(-c3ccccc3)c2)nc[c]1[Ge]([CH3])([CH3])[CH3].[Ir].[c-]1ccccc1-c1ccccn1. The first-order chi connectivity index (χ1) is 22.6. The molecule has 7 aromatic rings. The van der Waals surface area contributed by atoms with Crippen LogP contribution in [0.3, 0.4) is 0 Å². The molecule has 1 radical (unpaired) electrons. The van der Waals surface area contributed by atoms with Crippen molar-refractivity contribution in [3.63, 3.8) is 0 Å². The molecule has 47 heavy (non-hydrogen) atoms. The first-order valence-corrected chi connectivity index (χ1v) is 23.6. The molecule has 7 rings (SSSR count). The molecule has 0 saturated carbocycles. The molecular weight excluding hydrogens is 831 g/mol. The molecule has 3 heterocycles. The fourth-order valence-electron chi connectivity index (χ4n) is 5.32. The summed E-state index contributed by atoms with van der Waals surface area (Å²) in [5, 5.41) is 0.989. The Morgan fingerprint density at radius 3 is 2.04 bits per heavy atom. The molecular formula is C41H37GeIrN3S-2. The van der Waals surface area contributed by atoms with Crippen molar-refractivity contribution < 1.29 is 21.5 Å². The molecule has 6 heteroatoms. The summed E-state index contributed by atoms with van der Waals surface area (Å²) in [7, 11) is 0. The molecule has 0 aliphatic heterocycles. The Morgan fingerprint density at radius 2 is 1.43 bits per heavy atom. The minimum atomic E-state index is -2.20. The zero-order valence-electron chi connectivity index (χ0n) is 28.2. The monoisotopic (exact) mass is 871 g/mol. The standard InChI is InChI=1S/C30H29GeN2S.C11H8N.Ir/c1-20(2)24-18-27(32-19-26(24)31(3,4)5)23-16-25(21-12-8-6-9-13-21)29-28(17-23)33-30(34-29)22-14-10-7-11-15-22;1-2-6-10(7-3-1)11-8-4-5-9-12-11;/h6-16,18-20H,1-5H3;1-6,8-9H;/q2*-1;/i20D;;. The van der Waals surface area contributed by atoms with E-state index in [1.54, 1.807) is 17.5 Å². The van der Waals surface area contributed by atoms with Crippen LogP contribution in [-0.4, -0.2) is 28.2 Å². The number of nitrogens with zero attached hydrogens (tertiary/aromatic N) is 3. The van der Waals surface area contributed by atoms with Crippen molar-refractivity contribution in [3.05, 3.63) is 145 Å². The number of hydrogen-bond acceptors (Lipinski definition) is 4. The third-order valence-electron chi connectivity index (χ3n) is 7.70. The van der Waals surface area contributed by atoms with Gasteiger partial charge in [-0.05, 0) is 11.8 Å². The number of thiazole rings is 1. The summed E-state index contributed by atoms with van der Waals surface area (Å²) in [6.07, 6.45) is 3.81. The van der Waals surface area contributed by atoms with Gasteiger partial charge in [0.1, 0.15) is 0 Å². The van der Waals surface area contributed by atoms with E-state index in [-0.39, 0.29) is 20.1 Å². The molecule has 3 aromatic heterocycles. The summed E-state index contributed by atoms with van der Waals surface area (Å²) in [5.41, 5.74) is 9.11. The van der Waals surface area contributed by atoms with Crippen LogP contribution < -0.4 is 4.40 Å². The Hall–Kier alpha value is -3.74. The predicted molar refractivity (Wildman–Crippen MR) is 198 cm³/mol. The van der Waals surface area contributed by atoms with Gasteiger partial charge in [0.15, 0.2) is 0 Å². The largest absolute Gasteiger partial charge is 0.305 e. The maximum absolute atomic E-state index is 8.84. The Bertz CT molecular complexity index is 2050. The van der Waals surface area contributed by atoms with Crippen LogP contribution in [0, 0.1) is 12.1 Å². The van der Waals surface area contributed by atoms with Gasteiger partial charge in [-0.25, -0.2) is 0 Å². The summed E-state index contributed by atoms with van der Waals surface area (Å²) in [4.78, 5) is 14.1. The van der Waals surface area contributed by atoms with Gasteiger partial charge < -0.3 is 4.98 Å². The van der Waals surface area contributed by atoms with Crippen LogP contribution >= 0.6 is 11.3 Å². The normalized spacial score (nSPS) is 11.6. The number of benzene rings is 4. The smallest absolute Gasteiger partial charge is 0.0160 e. The van der Waals surface area contributed by atoms with Crippen LogP contribution in [0.25, 0.3) is 54.4 Å². The fraction of sp³-hybridized carbons (Fsp3) is 0.146. The van der Waals surface area contributed by atoms with E-state index in [4.69, 9.17) is 11.3 Å². The van der Waals surface area contributed by atoms with Crippen LogP contribution in [0.15, 0.2) is 128 Å². The molecule has 0 unspecified atom stereocenters. The average Bonchev–Trinajstić information content (AvgIpc) is 3.53. The molecule has 0 saturated heterocycles. The van der Waals surface area contributed by atoms with Crippen molar-refractivity contribution in [1.29, 1.82) is 0 Å². The molecule has 3 nitrogen and oxygen atoms in total. The third-order valence-corrected chi connectivity index (χ3v) is 13.1. The third kappa shape index (κ3) is 8.23. The van der Waals surface area contributed by atoms with Crippen LogP contribution in [0.1, 0.15) is 26.7 Å². The van der Waals surface area contributed by atoms with E-state index >= 15 is 0 Å². The number of aromatic nitrogens is 3. The van der Waals surface area contributed by atoms with E-state index in [2.05, 4.69) is 82.9 Å². The van der Waals surface area contributed by atoms with Gasteiger partial charge in [0, 0.05) is 26.3 Å². The van der Waals surface area contributed by atoms with Gasteiger partial charge in [-0.2, -0.15) is 0 Å². The van der Waals surface area contributed by atoms with Crippen molar-refractivity contribution in [1.82, 2.24) is 15.0 Å². The van der Waals surface area contributed by atoms with Crippen LogP contribution in [0.2, 0.25) is 17.3 Å². The minimum Gasteiger partial charge on any atom is -0.305 e. The summed E-state index contributed by atoms with van der Waals surface area (Å²) < 4.78 is 11.3. The van der Waals surface area contributed by atoms with Crippen LogP contribution in [-0.2, 0) is 20.1 Å². The zero-order chi connectivity index (χ0) is 33.0. The second-order valence-corrected chi connectivity index (χ2v) is 24.0. The Balaban J connectivity index is 0.000000291. The second-order valence-electron chi connectivity index (χ2n) is 12.4. The van der Waals surface area contributed by atoms with E-state index in [9.17, 15) is 0 Å². The van der Waals surface area contributed by atoms with Gasteiger partial charge in [-0.15, -0.1) is 35.9 Å². The minimum absolute atomic E-state index is 0. The van der Waals surface area contributed by atoms with Gasteiger partial charge >= 0.3 is 205 Å². The van der Waals surface area contributed by atoms with E-state index in [1.807, 2.05) is 86.8 Å². The average molecular weight is 870 g/mol. The van der Waals surface area contributed by atoms with Crippen molar-refractivity contribution in [2.24, 2.45) is 0 Å². The maximum atomic E-state index is 8.84. The predicted octanol–water partition coefficient (Wildman–Crippen LogP) is 10.7. The first kappa shape index (κ1) is 33.2. The van der Waals surface area contributed by atoms with Gasteiger partial charge in [0.25, 0.3) is 0 Å². The summed E-state index contributed by atoms with van der Waals surface area (Å²) in [6, 6.07) is 45.5. The topological polar surface area (TPSA) is 38.7 Å². The Kier molecular flexibility index (Phi) is 10.9. The van der Waals surface area contributed by atoms with Gasteiger partial charge in [0.05, 0.1) is 0 Å². The molecule has 0 spiro atoms. The van der Waals surface area contributed by atoms with Crippen molar-refractivity contribution in [2.75, 3.05) is 0 Å². The molecule has 0 fully saturated rings. The Morgan fingerprint density at radius 1 is 0.745 bits per heavy atom. The van der Waals surface area contributed by atoms with Gasteiger partial charge in [-0.3, -0.25) is 0 Å². The number of rotatable bonds is 6.